The summed E-state index contributed by atoms with van der Waals surface area (Å²) in [5, 5.41) is 7.19. The van der Waals surface area contributed by atoms with Crippen molar-refractivity contribution < 1.29 is 4.79 Å². The van der Waals surface area contributed by atoms with E-state index in [1.807, 2.05) is 7.05 Å². The fourth-order valence-corrected chi connectivity index (χ4v) is 1.75. The molecule has 2 rings (SSSR count). The van der Waals surface area contributed by atoms with Crippen LogP contribution in [-0.4, -0.2) is 46.8 Å². The van der Waals surface area contributed by atoms with Gasteiger partial charge in [0.25, 0.3) is 0 Å². The number of amides is 1. The molecule has 0 spiro atoms. The van der Waals surface area contributed by atoms with Crippen LogP contribution < -0.4 is 5.32 Å². The summed E-state index contributed by atoms with van der Waals surface area (Å²) in [4.78, 5) is 13.6. The predicted molar refractivity (Wildman–Crippen MR) is 66.6 cm³/mol. The first-order valence-corrected chi connectivity index (χ1v) is 5.60. The Morgan fingerprint density at radius 3 is 2.88 bits per heavy atom. The van der Waals surface area contributed by atoms with Crippen molar-refractivity contribution in [3.63, 3.8) is 0 Å². The Morgan fingerprint density at radius 2 is 2.44 bits per heavy atom. The van der Waals surface area contributed by atoms with Crippen molar-refractivity contribution in [1.29, 1.82) is 0 Å². The van der Waals surface area contributed by atoms with E-state index in [1.165, 1.54) is 0 Å². The minimum Gasteiger partial charge on any atom is -0.339 e. The number of nitrogens with zero attached hydrogens (tertiary/aromatic N) is 3. The van der Waals surface area contributed by atoms with Gasteiger partial charge >= 0.3 is 0 Å². The van der Waals surface area contributed by atoms with Crippen LogP contribution in [0.1, 0.15) is 0 Å². The molecule has 0 saturated carbocycles. The van der Waals surface area contributed by atoms with E-state index in [9.17, 15) is 4.79 Å². The molecule has 0 radical (unpaired) electrons. The van der Waals surface area contributed by atoms with Crippen LogP contribution >= 0.6 is 28.3 Å². The van der Waals surface area contributed by atoms with Crippen molar-refractivity contribution in [1.82, 2.24) is 20.0 Å². The van der Waals surface area contributed by atoms with Gasteiger partial charge in [0.15, 0.2) is 0 Å². The van der Waals surface area contributed by atoms with E-state index in [-0.39, 0.29) is 18.3 Å². The Hall–Kier alpha value is -0.590. The van der Waals surface area contributed by atoms with Crippen molar-refractivity contribution in [2.45, 2.75) is 12.6 Å². The average molecular weight is 310 g/mol. The Labute approximate surface area is 109 Å². The van der Waals surface area contributed by atoms with E-state index < -0.39 is 0 Å². The van der Waals surface area contributed by atoms with Crippen LogP contribution in [0.4, 0.5) is 0 Å². The summed E-state index contributed by atoms with van der Waals surface area (Å²) >= 11 is 3.29. The molecule has 0 aromatic carbocycles. The maximum absolute atomic E-state index is 11.8. The Morgan fingerprint density at radius 1 is 1.75 bits per heavy atom. The number of hydrogen-bond donors (Lipinski definition) is 1. The SMILES string of the molecule is CN(C(=O)Cn1cc(Br)cn1)C1CNC1.Cl. The topological polar surface area (TPSA) is 50.2 Å². The molecule has 1 aromatic heterocycles. The zero-order chi connectivity index (χ0) is 10.8. The van der Waals surface area contributed by atoms with Crippen molar-refractivity contribution in [3.05, 3.63) is 16.9 Å². The van der Waals surface area contributed by atoms with E-state index in [1.54, 1.807) is 22.0 Å². The Bertz CT molecular complexity index is 366. The van der Waals surface area contributed by atoms with Gasteiger partial charge in [-0.15, -0.1) is 12.4 Å². The lowest BCUT2D eigenvalue weighted by Gasteiger charge is -2.35. The molecule has 1 amide bonds. The molecule has 1 fully saturated rings. The number of carbonyl (C=O) groups is 1. The minimum absolute atomic E-state index is 0. The first-order chi connectivity index (χ1) is 7.16. The monoisotopic (exact) mass is 308 g/mol. The third-order valence-corrected chi connectivity index (χ3v) is 3.01. The highest BCUT2D eigenvalue weighted by Crippen LogP contribution is 2.07. The van der Waals surface area contributed by atoms with Crippen LogP contribution in [0, 0.1) is 0 Å². The van der Waals surface area contributed by atoms with Crippen molar-refractivity contribution in [2.75, 3.05) is 20.1 Å². The highest BCUT2D eigenvalue weighted by molar-refractivity contribution is 9.10. The molecular formula is C9H14BrClN4O. The third-order valence-electron chi connectivity index (χ3n) is 2.60. The molecule has 1 N–H and O–H groups in total. The standard InChI is InChI=1S/C9H13BrN4O.ClH/c1-13(8-3-11-4-8)9(15)6-14-5-7(10)2-12-14;/h2,5,8,11H,3-4,6H2,1H3;1H. The number of aromatic nitrogens is 2. The molecule has 0 aliphatic carbocycles. The number of carbonyl (C=O) groups excluding carboxylic acids is 1. The number of halogens is 2. The number of hydrogen-bond acceptors (Lipinski definition) is 3. The van der Waals surface area contributed by atoms with Gasteiger partial charge in [-0.25, -0.2) is 0 Å². The molecule has 7 heteroatoms. The Balaban J connectivity index is 0.00000128. The van der Waals surface area contributed by atoms with Gasteiger partial charge in [0.05, 0.1) is 16.7 Å². The Kier molecular flexibility index (Phi) is 4.76. The zero-order valence-electron chi connectivity index (χ0n) is 8.89. The van der Waals surface area contributed by atoms with Crippen molar-refractivity contribution >= 4 is 34.2 Å². The van der Waals surface area contributed by atoms with E-state index in [0.29, 0.717) is 12.6 Å². The van der Waals surface area contributed by atoms with Gasteiger partial charge in [-0.1, -0.05) is 0 Å². The molecule has 1 aliphatic heterocycles. The van der Waals surface area contributed by atoms with Crippen molar-refractivity contribution in [2.24, 2.45) is 0 Å². The van der Waals surface area contributed by atoms with Gasteiger partial charge in [0.1, 0.15) is 6.54 Å². The lowest BCUT2D eigenvalue weighted by molar-refractivity contribution is -0.133. The largest absolute Gasteiger partial charge is 0.339 e. The summed E-state index contributed by atoms with van der Waals surface area (Å²) in [6.07, 6.45) is 3.48. The van der Waals surface area contributed by atoms with Crippen LogP contribution in [0.5, 0.6) is 0 Å². The highest BCUT2D eigenvalue weighted by atomic mass is 79.9. The summed E-state index contributed by atoms with van der Waals surface area (Å²) < 4.78 is 2.53. The second kappa shape index (κ2) is 5.65. The van der Waals surface area contributed by atoms with Gasteiger partial charge in [-0.2, -0.15) is 5.10 Å². The summed E-state index contributed by atoms with van der Waals surface area (Å²) in [5.41, 5.74) is 0. The first-order valence-electron chi connectivity index (χ1n) is 4.81. The van der Waals surface area contributed by atoms with Gasteiger partial charge in [-0.3, -0.25) is 9.48 Å². The first kappa shape index (κ1) is 13.5. The third kappa shape index (κ3) is 2.96. The van der Waals surface area contributed by atoms with Gasteiger partial charge in [0.2, 0.25) is 5.91 Å². The quantitative estimate of drug-likeness (QED) is 0.884. The van der Waals surface area contributed by atoms with Crippen LogP contribution in [0.2, 0.25) is 0 Å². The zero-order valence-corrected chi connectivity index (χ0v) is 11.3. The molecule has 90 valence electrons. The van der Waals surface area contributed by atoms with Crippen LogP contribution in [0.25, 0.3) is 0 Å². The highest BCUT2D eigenvalue weighted by Gasteiger charge is 2.25. The second-order valence-corrected chi connectivity index (χ2v) is 4.59. The van der Waals surface area contributed by atoms with Crippen LogP contribution in [0.3, 0.4) is 0 Å². The summed E-state index contributed by atoms with van der Waals surface area (Å²) in [7, 11) is 1.84. The van der Waals surface area contributed by atoms with E-state index in [0.717, 1.165) is 17.6 Å². The number of nitrogens with one attached hydrogen (secondary N) is 1. The maximum atomic E-state index is 11.8. The molecule has 0 bridgehead atoms. The molecule has 1 aliphatic rings. The minimum atomic E-state index is 0. The van der Waals surface area contributed by atoms with E-state index >= 15 is 0 Å². The van der Waals surface area contributed by atoms with E-state index in [4.69, 9.17) is 0 Å². The summed E-state index contributed by atoms with van der Waals surface area (Å²) in [5.74, 6) is 0.0945. The van der Waals surface area contributed by atoms with Gasteiger partial charge < -0.3 is 10.2 Å². The number of rotatable bonds is 3. The lowest BCUT2D eigenvalue weighted by Crippen LogP contribution is -2.57. The number of likely N-dealkylation sites (N-methyl/N-ethyl adjacent to an activating group) is 1. The van der Waals surface area contributed by atoms with Gasteiger partial charge in [-0.05, 0) is 15.9 Å². The average Bonchev–Trinajstić information content (AvgIpc) is 2.48. The molecular weight excluding hydrogens is 295 g/mol. The molecule has 1 aromatic rings. The van der Waals surface area contributed by atoms with Crippen LogP contribution in [0.15, 0.2) is 16.9 Å². The fourth-order valence-electron chi connectivity index (χ4n) is 1.43. The predicted octanol–water partition coefficient (Wildman–Crippen LogP) is 0.498. The lowest BCUT2D eigenvalue weighted by atomic mass is 10.1. The fraction of sp³-hybridized carbons (Fsp3) is 0.556. The summed E-state index contributed by atoms with van der Waals surface area (Å²) in [6, 6.07) is 0.344. The van der Waals surface area contributed by atoms with Crippen molar-refractivity contribution in [3.8, 4) is 0 Å². The molecule has 16 heavy (non-hydrogen) atoms. The van der Waals surface area contributed by atoms with Gasteiger partial charge in [0, 0.05) is 26.3 Å². The van der Waals surface area contributed by atoms with Crippen LogP contribution in [-0.2, 0) is 11.3 Å². The normalized spacial score (nSPS) is 15.1. The van der Waals surface area contributed by atoms with E-state index in [2.05, 4.69) is 26.3 Å². The molecule has 0 unspecified atom stereocenters. The molecule has 0 atom stereocenters. The molecule has 2 heterocycles. The second-order valence-electron chi connectivity index (χ2n) is 3.67. The maximum Gasteiger partial charge on any atom is 0.244 e. The molecule has 5 nitrogen and oxygen atoms in total. The molecule has 1 saturated heterocycles. The smallest absolute Gasteiger partial charge is 0.244 e. The summed E-state index contributed by atoms with van der Waals surface area (Å²) in [6.45, 7) is 2.09.